The lowest BCUT2D eigenvalue weighted by Gasteiger charge is -2.32. The zero-order valence-corrected chi connectivity index (χ0v) is 13.9. The normalized spacial score (nSPS) is 16.6. The molecule has 0 spiro atoms. The fourth-order valence-electron chi connectivity index (χ4n) is 2.93. The molecule has 0 radical (unpaired) electrons. The second-order valence-corrected chi connectivity index (χ2v) is 6.28. The van der Waals surface area contributed by atoms with E-state index in [1.165, 1.54) is 6.33 Å². The quantitative estimate of drug-likeness (QED) is 0.821. The van der Waals surface area contributed by atoms with E-state index in [1.54, 1.807) is 0 Å². The third-order valence-electron chi connectivity index (χ3n) is 4.47. The molecule has 1 aliphatic heterocycles. The molecule has 0 unspecified atom stereocenters. The van der Waals surface area contributed by atoms with Crippen molar-refractivity contribution in [1.29, 1.82) is 0 Å². The molecule has 1 aromatic carbocycles. The Labute approximate surface area is 140 Å². The molecule has 0 atom stereocenters. The third kappa shape index (κ3) is 4.15. The smallest absolute Gasteiger partial charge is 0.161 e. The lowest BCUT2D eigenvalue weighted by Crippen LogP contribution is -2.44. The summed E-state index contributed by atoms with van der Waals surface area (Å²) in [5.74, 6) is -1.21. The van der Waals surface area contributed by atoms with Crippen LogP contribution in [0.25, 0.3) is 10.9 Å². The van der Waals surface area contributed by atoms with Crippen LogP contribution < -0.4 is 5.32 Å². The Morgan fingerprint density at radius 2 is 1.79 bits per heavy atom. The minimum absolute atomic E-state index is 0.406. The third-order valence-corrected chi connectivity index (χ3v) is 4.47. The van der Waals surface area contributed by atoms with E-state index in [4.69, 9.17) is 0 Å². The number of likely N-dealkylation sites (N-methyl/N-ethyl adjacent to an activating group) is 1. The Morgan fingerprint density at radius 3 is 2.58 bits per heavy atom. The number of piperazine rings is 1. The van der Waals surface area contributed by atoms with Gasteiger partial charge >= 0.3 is 0 Å². The molecule has 2 aromatic rings. The Morgan fingerprint density at radius 1 is 1.04 bits per heavy atom. The van der Waals surface area contributed by atoms with E-state index in [2.05, 4.69) is 32.1 Å². The molecule has 24 heavy (non-hydrogen) atoms. The van der Waals surface area contributed by atoms with Crippen LogP contribution in [0.3, 0.4) is 0 Å². The number of anilines is 1. The average molecular weight is 335 g/mol. The van der Waals surface area contributed by atoms with Crippen LogP contribution in [0.4, 0.5) is 14.6 Å². The van der Waals surface area contributed by atoms with Gasteiger partial charge in [0.15, 0.2) is 11.6 Å². The second kappa shape index (κ2) is 7.81. The maximum Gasteiger partial charge on any atom is 0.161 e. The van der Waals surface area contributed by atoms with Gasteiger partial charge in [0.25, 0.3) is 0 Å². The number of benzene rings is 1. The monoisotopic (exact) mass is 335 g/mol. The van der Waals surface area contributed by atoms with Crippen LogP contribution in [0.5, 0.6) is 0 Å². The van der Waals surface area contributed by atoms with E-state index in [0.717, 1.165) is 64.2 Å². The average Bonchev–Trinajstić information content (AvgIpc) is 2.58. The van der Waals surface area contributed by atoms with Crippen molar-refractivity contribution in [2.75, 3.05) is 51.6 Å². The molecule has 1 aliphatic rings. The predicted octanol–water partition coefficient (Wildman–Crippen LogP) is 2.35. The molecule has 0 aliphatic carbocycles. The number of fused-ring (bicyclic) bond motifs is 1. The van der Waals surface area contributed by atoms with Gasteiger partial charge in [0.05, 0.1) is 5.52 Å². The van der Waals surface area contributed by atoms with Crippen molar-refractivity contribution in [3.8, 4) is 0 Å². The van der Waals surface area contributed by atoms with E-state index >= 15 is 0 Å². The summed E-state index contributed by atoms with van der Waals surface area (Å²) < 4.78 is 26.7. The number of nitrogens with zero attached hydrogens (tertiary/aromatic N) is 4. The van der Waals surface area contributed by atoms with Gasteiger partial charge < -0.3 is 15.1 Å². The van der Waals surface area contributed by atoms with Gasteiger partial charge in [-0.2, -0.15) is 0 Å². The van der Waals surface area contributed by atoms with Gasteiger partial charge in [0, 0.05) is 44.2 Å². The maximum atomic E-state index is 13.4. The first-order valence-electron chi connectivity index (χ1n) is 8.38. The molecule has 0 bridgehead atoms. The summed E-state index contributed by atoms with van der Waals surface area (Å²) in [6.07, 6.45) is 3.47. The summed E-state index contributed by atoms with van der Waals surface area (Å²) in [5.41, 5.74) is 0.406. The Bertz CT molecular complexity index is 686. The summed E-state index contributed by atoms with van der Waals surface area (Å²) in [7, 11) is 2.15. The molecule has 1 saturated heterocycles. The van der Waals surface area contributed by atoms with Crippen LogP contribution in [-0.4, -0.2) is 66.1 Å². The van der Waals surface area contributed by atoms with Crippen molar-refractivity contribution in [3.05, 3.63) is 30.1 Å². The number of hydrogen-bond acceptors (Lipinski definition) is 5. The SMILES string of the molecule is CN1CCN(CCCCNc2ncnc3cc(F)c(F)cc23)CC1. The number of unbranched alkanes of at least 4 members (excludes halogenated alkanes) is 1. The zero-order valence-electron chi connectivity index (χ0n) is 13.9. The van der Waals surface area contributed by atoms with Gasteiger partial charge in [-0.3, -0.25) is 0 Å². The molecular weight excluding hydrogens is 312 g/mol. The number of hydrogen-bond donors (Lipinski definition) is 1. The van der Waals surface area contributed by atoms with Crippen molar-refractivity contribution >= 4 is 16.7 Å². The van der Waals surface area contributed by atoms with E-state index in [1.807, 2.05) is 0 Å². The van der Waals surface area contributed by atoms with Gasteiger partial charge in [-0.25, -0.2) is 18.7 Å². The van der Waals surface area contributed by atoms with Crippen LogP contribution in [0, 0.1) is 11.6 Å². The van der Waals surface area contributed by atoms with E-state index in [9.17, 15) is 8.78 Å². The molecule has 130 valence electrons. The Balaban J connectivity index is 1.48. The number of nitrogens with one attached hydrogen (secondary N) is 1. The molecule has 1 aromatic heterocycles. The molecule has 0 saturated carbocycles. The molecular formula is C17H23F2N5. The lowest BCUT2D eigenvalue weighted by molar-refractivity contribution is 0.152. The van der Waals surface area contributed by atoms with Gasteiger partial charge in [-0.05, 0) is 32.5 Å². The molecule has 0 amide bonds. The highest BCUT2D eigenvalue weighted by molar-refractivity contribution is 5.88. The summed E-state index contributed by atoms with van der Waals surface area (Å²) >= 11 is 0. The van der Waals surface area contributed by atoms with Crippen LogP contribution >= 0.6 is 0 Å². The lowest BCUT2D eigenvalue weighted by atomic mass is 10.2. The summed E-state index contributed by atoms with van der Waals surface area (Å²) in [6, 6.07) is 2.25. The Kier molecular flexibility index (Phi) is 5.52. The fourth-order valence-corrected chi connectivity index (χ4v) is 2.93. The van der Waals surface area contributed by atoms with Crippen molar-refractivity contribution in [2.24, 2.45) is 0 Å². The van der Waals surface area contributed by atoms with Crippen LogP contribution in [0.15, 0.2) is 18.5 Å². The minimum Gasteiger partial charge on any atom is -0.369 e. The molecule has 7 heteroatoms. The van der Waals surface area contributed by atoms with Crippen LogP contribution in [-0.2, 0) is 0 Å². The molecule has 5 nitrogen and oxygen atoms in total. The number of aromatic nitrogens is 2. The summed E-state index contributed by atoms with van der Waals surface area (Å²) in [4.78, 5) is 13.0. The van der Waals surface area contributed by atoms with Crippen molar-refractivity contribution in [3.63, 3.8) is 0 Å². The topological polar surface area (TPSA) is 44.3 Å². The van der Waals surface area contributed by atoms with E-state index < -0.39 is 11.6 Å². The zero-order chi connectivity index (χ0) is 16.9. The second-order valence-electron chi connectivity index (χ2n) is 6.28. The van der Waals surface area contributed by atoms with Gasteiger partial charge in [-0.1, -0.05) is 0 Å². The minimum atomic E-state index is -0.890. The van der Waals surface area contributed by atoms with Crippen molar-refractivity contribution < 1.29 is 8.78 Å². The first-order chi connectivity index (χ1) is 11.6. The Hall–Kier alpha value is -1.86. The van der Waals surface area contributed by atoms with E-state index in [0.29, 0.717) is 16.7 Å². The van der Waals surface area contributed by atoms with Gasteiger partial charge in [-0.15, -0.1) is 0 Å². The predicted molar refractivity (Wildman–Crippen MR) is 91.1 cm³/mol. The fraction of sp³-hybridized carbons (Fsp3) is 0.529. The molecule has 1 N–H and O–H groups in total. The summed E-state index contributed by atoms with van der Waals surface area (Å²) in [6.45, 7) is 6.37. The molecule has 3 rings (SSSR count). The largest absolute Gasteiger partial charge is 0.369 e. The van der Waals surface area contributed by atoms with Crippen molar-refractivity contribution in [1.82, 2.24) is 19.8 Å². The van der Waals surface area contributed by atoms with Gasteiger partial charge in [0.1, 0.15) is 12.1 Å². The highest BCUT2D eigenvalue weighted by Gasteiger charge is 2.13. The highest BCUT2D eigenvalue weighted by Crippen LogP contribution is 2.22. The van der Waals surface area contributed by atoms with Crippen LogP contribution in [0.2, 0.25) is 0 Å². The standard InChI is InChI=1S/C17H23F2N5/c1-23-6-8-24(9-7-23)5-3-2-4-20-17-13-10-14(18)15(19)11-16(13)21-12-22-17/h10-12H,2-9H2,1H3,(H,20,21,22). The molecule has 1 fully saturated rings. The first kappa shape index (κ1) is 17.0. The van der Waals surface area contributed by atoms with E-state index in [-0.39, 0.29) is 0 Å². The first-order valence-corrected chi connectivity index (χ1v) is 8.38. The molecule has 2 heterocycles. The number of rotatable bonds is 6. The highest BCUT2D eigenvalue weighted by atomic mass is 19.2. The summed E-state index contributed by atoms with van der Waals surface area (Å²) in [5, 5.41) is 3.72. The van der Waals surface area contributed by atoms with Gasteiger partial charge in [0.2, 0.25) is 0 Å². The maximum absolute atomic E-state index is 13.4. The van der Waals surface area contributed by atoms with Crippen molar-refractivity contribution in [2.45, 2.75) is 12.8 Å². The van der Waals surface area contributed by atoms with Crippen LogP contribution in [0.1, 0.15) is 12.8 Å². The number of halogens is 2.